The maximum Gasteiger partial charge on any atom is 0.326 e. The highest BCUT2D eigenvalue weighted by Gasteiger charge is 2.36. The average molecular weight is 487 g/mol. The van der Waals surface area contributed by atoms with Crippen LogP contribution < -0.4 is 25.8 Å². The summed E-state index contributed by atoms with van der Waals surface area (Å²) in [6.07, 6.45) is 7.01. The molecule has 2 N–H and O–H groups in total. The number of carboxylic acid groups (broad SMARTS) is 1. The molecule has 2 aromatic carbocycles. The molecule has 0 amide bonds. The highest BCUT2D eigenvalue weighted by atomic mass is 16.5. The maximum absolute atomic E-state index is 12.4. The molecule has 0 aliphatic carbocycles. The number of pyridine rings is 2. The lowest BCUT2D eigenvalue weighted by Crippen LogP contribution is -2.48. The summed E-state index contributed by atoms with van der Waals surface area (Å²) in [5.74, 6) is -0.134. The van der Waals surface area contributed by atoms with Crippen molar-refractivity contribution in [3.63, 3.8) is 0 Å². The summed E-state index contributed by atoms with van der Waals surface area (Å²) in [6, 6.07) is 9.92. The highest BCUT2D eigenvalue weighted by Crippen LogP contribution is 2.33. The van der Waals surface area contributed by atoms with E-state index in [1.165, 1.54) is 0 Å². The van der Waals surface area contributed by atoms with Crippen molar-refractivity contribution >= 4 is 28.1 Å². The zero-order valence-electron chi connectivity index (χ0n) is 20.0. The van der Waals surface area contributed by atoms with Gasteiger partial charge in [-0.15, -0.1) is 0 Å². The van der Waals surface area contributed by atoms with Gasteiger partial charge in [0, 0.05) is 37.1 Å². The maximum atomic E-state index is 12.4. The number of hydrogen-bond acceptors (Lipinski definition) is 8. The Hall–Kier alpha value is -4.27. The molecule has 0 spiro atoms. The third-order valence-corrected chi connectivity index (χ3v) is 6.82. The van der Waals surface area contributed by atoms with Gasteiger partial charge in [-0.05, 0) is 61.9 Å². The van der Waals surface area contributed by atoms with E-state index in [9.17, 15) is 19.5 Å². The molecule has 9 heteroatoms. The summed E-state index contributed by atoms with van der Waals surface area (Å²) in [5.41, 5.74) is -0.0736. The summed E-state index contributed by atoms with van der Waals surface area (Å²) >= 11 is 0. The highest BCUT2D eigenvalue weighted by molar-refractivity contribution is 5.86. The Kier molecular flexibility index (Phi) is 6.13. The van der Waals surface area contributed by atoms with Gasteiger partial charge < -0.3 is 20.1 Å². The number of anilines is 2. The minimum atomic E-state index is -1.11. The van der Waals surface area contributed by atoms with Crippen LogP contribution in [0.3, 0.4) is 0 Å². The smallest absolute Gasteiger partial charge is 0.326 e. The van der Waals surface area contributed by atoms with Crippen LogP contribution in [0.1, 0.15) is 32.3 Å². The molecule has 9 nitrogen and oxygen atoms in total. The zero-order chi connectivity index (χ0) is 25.4. The van der Waals surface area contributed by atoms with E-state index in [4.69, 9.17) is 4.74 Å². The summed E-state index contributed by atoms with van der Waals surface area (Å²) < 4.78 is 5.93. The minimum Gasteiger partial charge on any atom is -0.480 e. The van der Waals surface area contributed by atoms with Crippen LogP contribution in [0.15, 0.2) is 64.6 Å². The molecular weight excluding hydrogens is 460 g/mol. The van der Waals surface area contributed by atoms with Crippen LogP contribution in [-0.4, -0.2) is 39.2 Å². The van der Waals surface area contributed by atoms with Crippen LogP contribution in [0, 0.1) is 0 Å². The summed E-state index contributed by atoms with van der Waals surface area (Å²) in [6.45, 7) is 4.01. The number of benzene rings is 1. The molecule has 5 rings (SSSR count). The van der Waals surface area contributed by atoms with Crippen molar-refractivity contribution < 1.29 is 14.6 Å². The van der Waals surface area contributed by atoms with Gasteiger partial charge in [-0.2, -0.15) is 0 Å². The number of aromatic nitrogens is 2. The van der Waals surface area contributed by atoms with E-state index in [-0.39, 0.29) is 24.2 Å². The first-order chi connectivity index (χ1) is 17.3. The second kappa shape index (κ2) is 9.41. The van der Waals surface area contributed by atoms with Crippen molar-refractivity contribution in [2.24, 2.45) is 0 Å². The first-order valence-corrected chi connectivity index (χ1v) is 11.9. The number of fused-ring (bicyclic) bond motifs is 1. The predicted molar refractivity (Wildman–Crippen MR) is 137 cm³/mol. The number of rotatable bonds is 8. The lowest BCUT2D eigenvalue weighted by Gasteiger charge is -2.32. The molecule has 0 bridgehead atoms. The van der Waals surface area contributed by atoms with Crippen molar-refractivity contribution in [3.05, 3.63) is 81.0 Å². The number of carbonyl (C=O) groups is 1. The molecule has 1 aliphatic heterocycles. The van der Waals surface area contributed by atoms with Gasteiger partial charge >= 0.3 is 5.97 Å². The van der Waals surface area contributed by atoms with Crippen LogP contribution >= 0.6 is 0 Å². The fourth-order valence-corrected chi connectivity index (χ4v) is 4.88. The van der Waals surface area contributed by atoms with Crippen molar-refractivity contribution in [3.8, 4) is 11.6 Å². The van der Waals surface area contributed by atoms with E-state index in [0.717, 1.165) is 29.2 Å². The van der Waals surface area contributed by atoms with Gasteiger partial charge in [-0.25, -0.2) is 9.78 Å². The Bertz CT molecular complexity index is 1480. The first-order valence-electron chi connectivity index (χ1n) is 11.9. The number of ether oxygens (including phenoxy) is 1. The standard InChI is InChI=1S/C27H26N4O5/c1-15-3-4-16(2)31(15)23-22(24(32)25(23)33)30-21(27(34)35)13-17-5-7-19(8-6-17)36-26-20-14-28-11-9-18(20)10-12-29-26/h5-12,14-16,21,30H,3-4,13H2,1-2H3,(H,34,35)/t15-,16-,21-/m0/s1. The Morgan fingerprint density at radius 3 is 2.47 bits per heavy atom. The molecule has 0 unspecified atom stereocenters. The van der Waals surface area contributed by atoms with E-state index in [1.54, 1.807) is 42.9 Å². The normalized spacial score (nSPS) is 18.4. The van der Waals surface area contributed by atoms with E-state index < -0.39 is 22.9 Å². The first kappa shape index (κ1) is 23.5. The lowest BCUT2D eigenvalue weighted by molar-refractivity contribution is -0.137. The van der Waals surface area contributed by atoms with Gasteiger partial charge in [0.1, 0.15) is 23.2 Å². The lowest BCUT2D eigenvalue weighted by atomic mass is 10.0. The van der Waals surface area contributed by atoms with Crippen molar-refractivity contribution in [2.45, 2.75) is 51.2 Å². The largest absolute Gasteiger partial charge is 0.480 e. The second-order valence-electron chi connectivity index (χ2n) is 9.26. The molecule has 1 aliphatic rings. The molecule has 3 heterocycles. The van der Waals surface area contributed by atoms with Gasteiger partial charge in [0.25, 0.3) is 10.9 Å². The molecule has 2 aromatic heterocycles. The Morgan fingerprint density at radius 1 is 1.08 bits per heavy atom. The molecule has 1 saturated heterocycles. The molecule has 36 heavy (non-hydrogen) atoms. The fourth-order valence-electron chi connectivity index (χ4n) is 4.88. The van der Waals surface area contributed by atoms with Gasteiger partial charge in [-0.3, -0.25) is 14.6 Å². The quantitative estimate of drug-likeness (QED) is 0.360. The van der Waals surface area contributed by atoms with Crippen molar-refractivity contribution in [2.75, 3.05) is 10.2 Å². The molecule has 184 valence electrons. The number of carboxylic acids is 1. The Morgan fingerprint density at radius 2 is 1.78 bits per heavy atom. The van der Waals surface area contributed by atoms with E-state index in [2.05, 4.69) is 15.3 Å². The summed E-state index contributed by atoms with van der Waals surface area (Å²) in [7, 11) is 0. The minimum absolute atomic E-state index is 0.101. The monoisotopic (exact) mass is 486 g/mol. The SMILES string of the molecule is C[C@H]1CC[C@H](C)N1c1c(N[C@@H](Cc2ccc(Oc3nccc4ccncc34)cc2)C(=O)O)c(=O)c1=O. The number of aliphatic carboxylic acids is 1. The fraction of sp³-hybridized carbons (Fsp3) is 0.296. The predicted octanol–water partition coefficient (Wildman–Crippen LogP) is 3.50. The molecule has 1 fully saturated rings. The van der Waals surface area contributed by atoms with Crippen LogP contribution in [-0.2, 0) is 11.2 Å². The van der Waals surface area contributed by atoms with E-state index in [0.29, 0.717) is 17.3 Å². The van der Waals surface area contributed by atoms with Gasteiger partial charge in [0.05, 0.1) is 5.39 Å². The van der Waals surface area contributed by atoms with E-state index >= 15 is 0 Å². The molecular formula is C27H26N4O5. The summed E-state index contributed by atoms with van der Waals surface area (Å²) in [4.78, 5) is 47.1. The number of nitrogens with one attached hydrogen (secondary N) is 1. The van der Waals surface area contributed by atoms with Gasteiger partial charge in [0.15, 0.2) is 0 Å². The molecule has 4 aromatic rings. The molecule has 0 saturated carbocycles. The van der Waals surface area contributed by atoms with Crippen LogP contribution in [0.4, 0.5) is 11.4 Å². The van der Waals surface area contributed by atoms with Gasteiger partial charge in [-0.1, -0.05) is 12.1 Å². The third-order valence-electron chi connectivity index (χ3n) is 6.82. The molecule has 0 radical (unpaired) electrons. The third kappa shape index (κ3) is 4.28. The van der Waals surface area contributed by atoms with E-state index in [1.807, 2.05) is 30.9 Å². The van der Waals surface area contributed by atoms with Crippen LogP contribution in [0.5, 0.6) is 11.6 Å². The number of hydrogen-bond donors (Lipinski definition) is 2. The van der Waals surface area contributed by atoms with Gasteiger partial charge in [0.2, 0.25) is 5.88 Å². The van der Waals surface area contributed by atoms with Crippen LogP contribution in [0.2, 0.25) is 0 Å². The average Bonchev–Trinajstić information content (AvgIpc) is 3.21. The summed E-state index contributed by atoms with van der Waals surface area (Å²) in [5, 5.41) is 14.4. The second-order valence-corrected chi connectivity index (χ2v) is 9.26. The molecule has 3 atom stereocenters. The Labute approximate surface area is 207 Å². The Balaban J connectivity index is 1.32. The zero-order valence-corrected chi connectivity index (χ0v) is 20.0. The van der Waals surface area contributed by atoms with Crippen molar-refractivity contribution in [1.82, 2.24) is 9.97 Å². The topological polar surface area (TPSA) is 122 Å². The van der Waals surface area contributed by atoms with Crippen LogP contribution in [0.25, 0.3) is 10.8 Å². The number of nitrogens with zero attached hydrogens (tertiary/aromatic N) is 3. The van der Waals surface area contributed by atoms with Crippen molar-refractivity contribution in [1.29, 1.82) is 0 Å².